The minimum atomic E-state index is -5.17. The fourth-order valence-corrected chi connectivity index (χ4v) is 0. The maximum atomic E-state index is 8.52. The second-order valence-corrected chi connectivity index (χ2v) is 1.22. The van der Waals surface area contributed by atoms with Crippen molar-refractivity contribution in [2.75, 3.05) is 0 Å². The predicted molar refractivity (Wildman–Crippen MR) is 16.2 cm³/mol. The number of hydrogen-bond acceptors (Lipinski definition) is 4. The zero-order chi connectivity index (χ0) is 4.50. The Balaban J connectivity index is -0.0000000267. The van der Waals surface area contributed by atoms with Gasteiger partial charge in [-0.2, -0.15) is 0 Å². The molecule has 4 nitrogen and oxygen atoms in total. The van der Waals surface area contributed by atoms with Gasteiger partial charge in [-0.3, -0.25) is 8.42 Å². The van der Waals surface area contributed by atoms with Crippen molar-refractivity contribution in [3.8, 4) is 0 Å². The zero-order valence-corrected chi connectivity index (χ0v) is 13.9. The molecule has 0 aliphatic rings. The van der Waals surface area contributed by atoms with E-state index < -0.39 is 10.4 Å². The van der Waals surface area contributed by atoms with Crippen LogP contribution in [0.25, 0.3) is 0 Å². The van der Waals surface area contributed by atoms with Gasteiger partial charge in [0.05, 0.1) is 0 Å². The third-order valence-electron chi connectivity index (χ3n) is 0. The van der Waals surface area contributed by atoms with Crippen LogP contribution in [0.5, 0.6) is 0 Å². The molecule has 0 bridgehead atoms. The minimum absolute atomic E-state index is 0. The van der Waals surface area contributed by atoms with Crippen LogP contribution in [0, 0.1) is 0 Å². The summed E-state index contributed by atoms with van der Waals surface area (Å²) in [7, 11) is -5.17. The zero-order valence-electron chi connectivity index (χ0n) is 3.83. The summed E-state index contributed by atoms with van der Waals surface area (Å²) in [5.41, 5.74) is 0. The van der Waals surface area contributed by atoms with E-state index in [1.54, 1.807) is 0 Å². The van der Waals surface area contributed by atoms with Crippen molar-refractivity contribution in [1.29, 1.82) is 0 Å². The summed E-state index contributed by atoms with van der Waals surface area (Å²) in [5.74, 6) is 0. The third-order valence-corrected chi connectivity index (χ3v) is 0. The molecule has 0 aromatic rings. The minimum Gasteiger partial charge on any atom is -1.00 e. The molecule has 8 heteroatoms. The summed E-state index contributed by atoms with van der Waals surface area (Å²) < 4.78 is 34.1. The molecule has 0 N–H and O–H groups in total. The molecule has 0 aliphatic carbocycles. The molecule has 40 valence electrons. The molecule has 8 heavy (non-hydrogen) atoms. The van der Waals surface area contributed by atoms with Crippen LogP contribution in [-0.4, -0.2) is 66.4 Å². The van der Waals surface area contributed by atoms with Crippen molar-refractivity contribution in [2.45, 2.75) is 0 Å². The summed E-state index contributed by atoms with van der Waals surface area (Å²) in [5, 5.41) is 0. The van der Waals surface area contributed by atoms with E-state index in [9.17, 15) is 0 Å². The fourth-order valence-electron chi connectivity index (χ4n) is 0. The third kappa shape index (κ3) is 72.0. The average molecular weight is 381 g/mol. The van der Waals surface area contributed by atoms with Gasteiger partial charge < -0.3 is 21.5 Å². The SMILES string of the molecule is O=S(=O)([O-])[O-].[Ba+2].[Cd+2].[Cl-]. The summed E-state index contributed by atoms with van der Waals surface area (Å²) in [6.07, 6.45) is 0. The standard InChI is InChI=1S/Ba.Cd.ClH.H2O4S/c;;;1-5(2,3)4/h;;1H;(H2,1,2,3,4)/q2*+2;;/p-3. The maximum absolute atomic E-state index is 8.52. The van der Waals surface area contributed by atoms with Crippen molar-refractivity contribution in [3.63, 3.8) is 0 Å². The van der Waals surface area contributed by atoms with E-state index in [0.29, 0.717) is 0 Å². The quantitative estimate of drug-likeness (QED) is 0.240. The summed E-state index contributed by atoms with van der Waals surface area (Å²) in [6.45, 7) is 0. The molecule has 0 saturated heterocycles. The summed E-state index contributed by atoms with van der Waals surface area (Å²) >= 11 is 0. The molecule has 0 aromatic heterocycles. The van der Waals surface area contributed by atoms with Gasteiger partial charge >= 0.3 is 76.2 Å². The molecular formula is BaCdClO4S+. The van der Waals surface area contributed by atoms with Crippen LogP contribution >= 0.6 is 0 Å². The van der Waals surface area contributed by atoms with Gasteiger partial charge in [-0.25, -0.2) is 0 Å². The number of hydrogen-bond donors (Lipinski definition) is 0. The molecular weight excluding hydrogens is 381 g/mol. The smallest absolute Gasteiger partial charge is 1.00 e. The topological polar surface area (TPSA) is 80.3 Å². The van der Waals surface area contributed by atoms with Crippen molar-refractivity contribution < 1.29 is 57.2 Å². The molecule has 0 heterocycles. The van der Waals surface area contributed by atoms with Crippen molar-refractivity contribution >= 4 is 59.3 Å². The normalized spacial score (nSPS) is 7.25. The molecule has 0 atom stereocenters. The van der Waals surface area contributed by atoms with Gasteiger partial charge in [0.25, 0.3) is 0 Å². The van der Waals surface area contributed by atoms with Crippen LogP contribution in [0.1, 0.15) is 0 Å². The van der Waals surface area contributed by atoms with Crippen molar-refractivity contribution in [2.24, 2.45) is 0 Å². The molecule has 0 unspecified atom stereocenters. The first-order chi connectivity index (χ1) is 2.00. The van der Waals surface area contributed by atoms with Crippen LogP contribution in [0.15, 0.2) is 0 Å². The second kappa shape index (κ2) is 9.65. The molecule has 0 aliphatic heterocycles. The van der Waals surface area contributed by atoms with Gasteiger partial charge in [0.15, 0.2) is 0 Å². The molecule has 0 radical (unpaired) electrons. The van der Waals surface area contributed by atoms with Gasteiger partial charge in [-0.1, -0.05) is 0 Å². The van der Waals surface area contributed by atoms with Crippen LogP contribution in [-0.2, 0) is 37.7 Å². The Labute approximate surface area is 114 Å². The van der Waals surface area contributed by atoms with Crippen LogP contribution in [0.2, 0.25) is 0 Å². The molecule has 0 amide bonds. The molecule has 0 rings (SSSR count). The first-order valence-electron chi connectivity index (χ1n) is 0.667. The van der Waals surface area contributed by atoms with E-state index in [1.807, 2.05) is 0 Å². The molecule has 0 aromatic carbocycles. The summed E-state index contributed by atoms with van der Waals surface area (Å²) in [4.78, 5) is 0. The van der Waals surface area contributed by atoms with E-state index in [4.69, 9.17) is 17.5 Å². The number of halogens is 1. The monoisotopic (exact) mass is 383 g/mol. The van der Waals surface area contributed by atoms with Gasteiger partial charge in [0.2, 0.25) is 0 Å². The van der Waals surface area contributed by atoms with E-state index in [1.165, 1.54) is 0 Å². The van der Waals surface area contributed by atoms with Crippen molar-refractivity contribution in [1.82, 2.24) is 0 Å². The van der Waals surface area contributed by atoms with E-state index in [2.05, 4.69) is 0 Å². The largest absolute Gasteiger partial charge is 2.00 e. The van der Waals surface area contributed by atoms with E-state index in [-0.39, 0.29) is 88.6 Å². The van der Waals surface area contributed by atoms with Gasteiger partial charge in [-0.15, -0.1) is 0 Å². The Hall–Kier alpha value is 2.65. The Bertz CT molecular complexity index is 99.2. The second-order valence-electron chi connectivity index (χ2n) is 0.408. The van der Waals surface area contributed by atoms with Gasteiger partial charge in [0.1, 0.15) is 0 Å². The maximum Gasteiger partial charge on any atom is 2.00 e. The molecule has 0 fully saturated rings. The Morgan fingerprint density at radius 3 is 1.12 bits per heavy atom. The Morgan fingerprint density at radius 1 is 1.12 bits per heavy atom. The van der Waals surface area contributed by atoms with Crippen LogP contribution in [0.3, 0.4) is 0 Å². The van der Waals surface area contributed by atoms with Crippen LogP contribution in [0.4, 0.5) is 0 Å². The Kier molecular flexibility index (Phi) is 27.1. The predicted octanol–water partition coefficient (Wildman–Crippen LogP) is -4.72. The van der Waals surface area contributed by atoms with Crippen molar-refractivity contribution in [3.05, 3.63) is 0 Å². The first kappa shape index (κ1) is 22.4. The van der Waals surface area contributed by atoms with Gasteiger partial charge in [0, 0.05) is 10.4 Å². The fraction of sp³-hybridized carbons (Fsp3) is 0. The average Bonchev–Trinajstić information content (AvgIpc) is 0.722. The molecule has 0 saturated carbocycles. The number of rotatable bonds is 0. The Morgan fingerprint density at radius 2 is 1.12 bits per heavy atom. The first-order valence-corrected chi connectivity index (χ1v) is 2.00. The van der Waals surface area contributed by atoms with E-state index in [0.717, 1.165) is 0 Å². The van der Waals surface area contributed by atoms with Gasteiger partial charge in [-0.05, 0) is 0 Å². The van der Waals surface area contributed by atoms with E-state index >= 15 is 0 Å². The summed E-state index contributed by atoms with van der Waals surface area (Å²) in [6, 6.07) is 0. The molecule has 0 spiro atoms. The van der Waals surface area contributed by atoms with Crippen LogP contribution < -0.4 is 12.4 Å².